The van der Waals surface area contributed by atoms with Crippen molar-refractivity contribution in [3.8, 4) is 11.8 Å². The normalized spacial score (nSPS) is 11.2. The summed E-state index contributed by atoms with van der Waals surface area (Å²) in [6.45, 7) is -0.771. The molecule has 0 spiro atoms. The topological polar surface area (TPSA) is 92.4 Å². The number of benzene rings is 2. The molecule has 25 heavy (non-hydrogen) atoms. The van der Waals surface area contributed by atoms with Crippen LogP contribution in [0.4, 0.5) is 4.39 Å². The van der Waals surface area contributed by atoms with Crippen molar-refractivity contribution in [3.63, 3.8) is 0 Å². The van der Waals surface area contributed by atoms with Crippen LogP contribution < -0.4 is 11.1 Å². The van der Waals surface area contributed by atoms with E-state index >= 15 is 0 Å². The number of aliphatic hydroxyl groups is 1. The molecule has 0 aliphatic carbocycles. The smallest absolute Gasteiger partial charge is 0.251 e. The lowest BCUT2D eigenvalue weighted by molar-refractivity contribution is -0.123. The summed E-state index contributed by atoms with van der Waals surface area (Å²) in [5.41, 5.74) is 7.12. The number of hydrogen-bond acceptors (Lipinski definition) is 4. The number of Topliss-reactive ketones (excluding diaryl/α,β-unsaturated/α-hetero) is 1. The van der Waals surface area contributed by atoms with Crippen molar-refractivity contribution >= 4 is 11.7 Å². The maximum Gasteiger partial charge on any atom is 0.251 e. The highest BCUT2D eigenvalue weighted by atomic mass is 19.1. The van der Waals surface area contributed by atoms with Crippen LogP contribution in [-0.2, 0) is 4.79 Å². The molecule has 2 rings (SSSR count). The van der Waals surface area contributed by atoms with Crippen molar-refractivity contribution in [2.24, 2.45) is 5.73 Å². The van der Waals surface area contributed by atoms with E-state index in [1.807, 2.05) is 0 Å². The number of rotatable bonds is 5. The Morgan fingerprint density at radius 3 is 2.04 bits per heavy atom. The Morgan fingerprint density at radius 1 is 1.04 bits per heavy atom. The van der Waals surface area contributed by atoms with Gasteiger partial charge in [0.15, 0.2) is 5.78 Å². The maximum atomic E-state index is 12.8. The van der Waals surface area contributed by atoms with E-state index in [0.29, 0.717) is 16.7 Å². The average Bonchev–Trinajstić information content (AvgIpc) is 2.65. The summed E-state index contributed by atoms with van der Waals surface area (Å²) in [6, 6.07) is 11.4. The fourth-order valence-electron chi connectivity index (χ4n) is 2.01. The molecule has 128 valence electrons. The van der Waals surface area contributed by atoms with Crippen LogP contribution in [0.1, 0.15) is 21.5 Å². The second-order valence-corrected chi connectivity index (χ2v) is 5.22. The van der Waals surface area contributed by atoms with Gasteiger partial charge in [0.05, 0.1) is 0 Å². The van der Waals surface area contributed by atoms with Crippen molar-refractivity contribution in [2.45, 2.75) is 6.04 Å². The third-order valence-corrected chi connectivity index (χ3v) is 3.43. The van der Waals surface area contributed by atoms with Crippen molar-refractivity contribution in [2.75, 3.05) is 13.2 Å². The Balaban J connectivity index is 2.05. The van der Waals surface area contributed by atoms with Gasteiger partial charge in [-0.2, -0.15) is 0 Å². The molecule has 5 nitrogen and oxygen atoms in total. The number of carbonyl (C=O) groups is 2. The summed E-state index contributed by atoms with van der Waals surface area (Å²) in [5, 5.41) is 11.3. The monoisotopic (exact) mass is 340 g/mol. The second-order valence-electron chi connectivity index (χ2n) is 5.22. The van der Waals surface area contributed by atoms with E-state index in [0.717, 1.165) is 0 Å². The Bertz CT molecular complexity index is 805. The predicted octanol–water partition coefficient (Wildman–Crippen LogP) is 0.844. The number of ketones is 1. The molecule has 0 heterocycles. The van der Waals surface area contributed by atoms with Crippen LogP contribution in [0.15, 0.2) is 48.5 Å². The lowest BCUT2D eigenvalue weighted by Crippen LogP contribution is -2.46. The van der Waals surface area contributed by atoms with Crippen LogP contribution in [0, 0.1) is 17.7 Å². The first-order valence-corrected chi connectivity index (χ1v) is 7.55. The molecule has 1 atom stereocenters. The molecule has 0 bridgehead atoms. The molecule has 0 radical (unpaired) electrons. The van der Waals surface area contributed by atoms with Gasteiger partial charge in [0.1, 0.15) is 18.5 Å². The van der Waals surface area contributed by atoms with Crippen LogP contribution in [0.5, 0.6) is 0 Å². The highest BCUT2D eigenvalue weighted by molar-refractivity contribution is 5.98. The zero-order valence-electron chi connectivity index (χ0n) is 13.3. The SMILES string of the molecule is NC[C@H](NC(=O)c1ccc(C#Cc2ccc(F)cc2)cc1)C(=O)CO. The largest absolute Gasteiger partial charge is 0.388 e. The van der Waals surface area contributed by atoms with Gasteiger partial charge in [0.25, 0.3) is 5.91 Å². The lowest BCUT2D eigenvalue weighted by Gasteiger charge is -2.14. The second kappa shape index (κ2) is 8.73. The van der Waals surface area contributed by atoms with E-state index in [1.165, 1.54) is 12.1 Å². The number of aliphatic hydroxyl groups excluding tert-OH is 1. The van der Waals surface area contributed by atoms with Crippen LogP contribution in [-0.4, -0.2) is 36.0 Å². The number of amides is 1. The number of halogens is 1. The summed E-state index contributed by atoms with van der Waals surface area (Å²) < 4.78 is 12.8. The van der Waals surface area contributed by atoms with E-state index in [-0.39, 0.29) is 12.4 Å². The van der Waals surface area contributed by atoms with E-state index in [1.54, 1.807) is 36.4 Å². The standard InChI is InChI=1S/C19H17FN2O3/c20-16-9-5-14(6-10-16)2-1-13-3-7-15(8-4-13)19(25)22-17(11-21)18(24)12-23/h3-10,17,23H,11-12,21H2,(H,22,25)/t17-/m0/s1. The Hall–Kier alpha value is -3.01. The van der Waals surface area contributed by atoms with Gasteiger partial charge in [0, 0.05) is 23.2 Å². The maximum absolute atomic E-state index is 12.8. The third-order valence-electron chi connectivity index (χ3n) is 3.43. The van der Waals surface area contributed by atoms with Gasteiger partial charge in [-0.05, 0) is 48.5 Å². The molecule has 2 aromatic carbocycles. The quantitative estimate of drug-likeness (QED) is 0.704. The van der Waals surface area contributed by atoms with E-state index in [4.69, 9.17) is 10.8 Å². The minimum absolute atomic E-state index is 0.0909. The van der Waals surface area contributed by atoms with Crippen LogP contribution in [0.2, 0.25) is 0 Å². The molecule has 1 amide bonds. The summed E-state index contributed by atoms with van der Waals surface area (Å²) in [7, 11) is 0. The zero-order valence-corrected chi connectivity index (χ0v) is 13.3. The van der Waals surface area contributed by atoms with Gasteiger partial charge < -0.3 is 16.2 Å². The van der Waals surface area contributed by atoms with Crippen molar-refractivity contribution in [1.29, 1.82) is 0 Å². The van der Waals surface area contributed by atoms with E-state index in [9.17, 15) is 14.0 Å². The molecular weight excluding hydrogens is 323 g/mol. The fraction of sp³-hybridized carbons (Fsp3) is 0.158. The molecule has 0 aliphatic heterocycles. The summed E-state index contributed by atoms with van der Waals surface area (Å²) in [5.74, 6) is 4.48. The minimum atomic E-state index is -0.921. The Labute approximate surface area is 144 Å². The summed E-state index contributed by atoms with van der Waals surface area (Å²) in [6.07, 6.45) is 0. The van der Waals surface area contributed by atoms with Crippen LogP contribution in [0.3, 0.4) is 0 Å². The van der Waals surface area contributed by atoms with Gasteiger partial charge in [-0.1, -0.05) is 11.8 Å². The molecule has 2 aromatic rings. The van der Waals surface area contributed by atoms with Crippen LogP contribution in [0.25, 0.3) is 0 Å². The molecular formula is C19H17FN2O3. The van der Waals surface area contributed by atoms with Crippen molar-refractivity contribution < 1.29 is 19.1 Å². The molecule has 0 fully saturated rings. The Kier molecular flexibility index (Phi) is 6.40. The minimum Gasteiger partial charge on any atom is -0.388 e. The number of hydrogen-bond donors (Lipinski definition) is 3. The van der Waals surface area contributed by atoms with E-state index in [2.05, 4.69) is 17.2 Å². The van der Waals surface area contributed by atoms with Gasteiger partial charge >= 0.3 is 0 Å². The predicted molar refractivity (Wildman–Crippen MR) is 91.2 cm³/mol. The van der Waals surface area contributed by atoms with Crippen molar-refractivity contribution in [3.05, 3.63) is 71.0 Å². The molecule has 0 saturated carbocycles. The van der Waals surface area contributed by atoms with Gasteiger partial charge in [-0.3, -0.25) is 9.59 Å². The summed E-state index contributed by atoms with van der Waals surface area (Å²) in [4.78, 5) is 23.5. The summed E-state index contributed by atoms with van der Waals surface area (Å²) >= 11 is 0. The molecule has 0 saturated heterocycles. The average molecular weight is 340 g/mol. The highest BCUT2D eigenvalue weighted by Gasteiger charge is 2.18. The van der Waals surface area contributed by atoms with Crippen LogP contribution >= 0.6 is 0 Å². The first-order chi connectivity index (χ1) is 12.0. The molecule has 6 heteroatoms. The lowest BCUT2D eigenvalue weighted by atomic mass is 10.1. The van der Waals surface area contributed by atoms with Gasteiger partial charge in [-0.25, -0.2) is 4.39 Å². The molecule has 0 aliphatic rings. The number of nitrogens with one attached hydrogen (secondary N) is 1. The van der Waals surface area contributed by atoms with Gasteiger partial charge in [-0.15, -0.1) is 0 Å². The molecule has 0 unspecified atom stereocenters. The zero-order chi connectivity index (χ0) is 18.2. The first kappa shape index (κ1) is 18.3. The molecule has 0 aromatic heterocycles. The third kappa shape index (κ3) is 5.24. The van der Waals surface area contributed by atoms with Crippen molar-refractivity contribution in [1.82, 2.24) is 5.32 Å². The number of carbonyl (C=O) groups excluding carboxylic acids is 2. The first-order valence-electron chi connectivity index (χ1n) is 7.55. The fourth-order valence-corrected chi connectivity index (χ4v) is 2.01. The highest BCUT2D eigenvalue weighted by Crippen LogP contribution is 2.05. The van der Waals surface area contributed by atoms with E-state index < -0.39 is 24.3 Å². The Morgan fingerprint density at radius 2 is 1.56 bits per heavy atom. The molecule has 4 N–H and O–H groups in total. The number of nitrogens with two attached hydrogens (primary N) is 1. The van der Waals surface area contributed by atoms with Gasteiger partial charge in [0.2, 0.25) is 0 Å².